The Bertz CT molecular complexity index is 9150. The number of nitrogens with zero attached hydrogens (tertiary/aromatic N) is 3. The fourth-order valence-corrected chi connectivity index (χ4v) is 21.3. The number of fused-ring (bicyclic) bond motifs is 20. The maximum Gasteiger partial charge on any atom is 0.143 e. The topological polar surface area (TPSA) is 88.6 Å². The van der Waals surface area contributed by atoms with Crippen molar-refractivity contribution < 1.29 is 26.5 Å². The maximum atomic E-state index is 6.58. The normalized spacial score (nSPS) is 11.6. The van der Waals surface area contributed by atoms with Gasteiger partial charge in [-0.2, -0.15) is 0 Å². The number of anilines is 9. The van der Waals surface area contributed by atoms with Gasteiger partial charge in [0.05, 0.1) is 0 Å². The first-order valence-corrected chi connectivity index (χ1v) is 48.4. The summed E-state index contributed by atoms with van der Waals surface area (Å²) in [4.78, 5) is 7.00. The Balaban J connectivity index is 0.000000107. The van der Waals surface area contributed by atoms with E-state index < -0.39 is 0 Å². The van der Waals surface area contributed by atoms with E-state index in [0.717, 1.165) is 250 Å². The van der Waals surface area contributed by atoms with Gasteiger partial charge in [0.15, 0.2) is 0 Å². The molecule has 9 heteroatoms. The number of rotatable bonds is 15. The predicted molar refractivity (Wildman–Crippen MR) is 595 cm³/mol. The Hall–Kier alpha value is -19.2. The SMILES string of the molecule is c1ccc(N(c2cc(-c3cccc4c3oc3ccccc34)cc(-c3cccc4c3oc3ccccc34)c2)c2ccc3ccccc3c2)cc1.c1ccc(N(c2cc(-c3cccc4c3oc3ccccc34)cc(-c3cccc4c3oc3ccccc34)c2)c2ccc3ccccc3c2)cc1.c1ccc(N(c2ccccc2)c2cc(-c3cccc4c3oc3ccccc34)cc(-c3cccc4c3oc3ccccc34)c2)cc1. The van der Waals surface area contributed by atoms with Gasteiger partial charge in [-0.15, -0.1) is 0 Å². The highest BCUT2D eigenvalue weighted by Gasteiger charge is 2.27. The molecule has 0 atom stereocenters. The van der Waals surface area contributed by atoms with Crippen LogP contribution in [-0.2, 0) is 0 Å². The molecule has 0 fully saturated rings. The summed E-state index contributed by atoms with van der Waals surface area (Å²) in [7, 11) is 0. The molecule has 0 aliphatic carbocycles. The van der Waals surface area contributed by atoms with Crippen LogP contribution in [-0.4, -0.2) is 0 Å². The molecule has 29 aromatic rings. The molecule has 0 radical (unpaired) electrons. The standard InChI is InChI=1S/2C46H29NO2.C42H27NO2/c2*1-2-14-34(15-3-1)47(35-25-24-30-12-4-5-13-31(30)27-35)36-28-32(37-18-10-20-41-39-16-6-8-22-43(39)48-45(37)41)26-33(29-36)38-19-11-21-42-40-17-7-9-23-44(40)49-46(38)42;1-3-13-30(14-4-1)43(31-15-5-2-6-16-31)32-26-28(33-19-11-21-37-35-17-7-9-23-39(35)44-41(33)37)25-29(27-32)34-20-12-22-38-36-18-8-10-24-40(36)45-42(34)38/h2*1-29H;1-27H. The zero-order valence-electron chi connectivity index (χ0n) is 77.4. The molecule has 0 unspecified atom stereocenters. The largest absolute Gasteiger partial charge is 0.455 e. The molecule has 29 rings (SSSR count). The van der Waals surface area contributed by atoms with Crippen LogP contribution in [0.4, 0.5) is 51.2 Å². The fraction of sp³-hybridized carbons (Fsp3) is 0. The van der Waals surface area contributed by atoms with Crippen molar-refractivity contribution >= 4 is 204 Å². The minimum atomic E-state index is 0.880. The van der Waals surface area contributed by atoms with Crippen LogP contribution in [0.25, 0.3) is 220 Å². The third-order valence-electron chi connectivity index (χ3n) is 27.9. The van der Waals surface area contributed by atoms with E-state index in [1.54, 1.807) is 0 Å². The third kappa shape index (κ3) is 14.9. The molecular weight excluding hydrogens is 1750 g/mol. The Morgan fingerprint density at radius 2 is 0.294 bits per heavy atom. The van der Waals surface area contributed by atoms with Gasteiger partial charge in [0.25, 0.3) is 0 Å². The van der Waals surface area contributed by atoms with Gasteiger partial charge in [-0.25, -0.2) is 0 Å². The fourth-order valence-electron chi connectivity index (χ4n) is 21.3. The summed E-state index contributed by atoms with van der Waals surface area (Å²) in [5, 5.41) is 18.1. The van der Waals surface area contributed by atoms with Gasteiger partial charge in [-0.05, 0) is 219 Å². The molecule has 0 amide bonds. The van der Waals surface area contributed by atoms with Crippen LogP contribution in [0.5, 0.6) is 0 Å². The molecule has 0 spiro atoms. The molecule has 0 N–H and O–H groups in total. The highest BCUT2D eigenvalue weighted by atomic mass is 16.3. The predicted octanol–water partition coefficient (Wildman–Crippen LogP) is 39.2. The van der Waals surface area contributed by atoms with E-state index in [1.807, 2.05) is 72.8 Å². The summed E-state index contributed by atoms with van der Waals surface area (Å²) in [5.41, 5.74) is 32.8. The van der Waals surface area contributed by atoms with Gasteiger partial charge >= 0.3 is 0 Å². The van der Waals surface area contributed by atoms with Crippen LogP contribution in [0.3, 0.4) is 0 Å². The number of benzene rings is 23. The van der Waals surface area contributed by atoms with E-state index in [4.69, 9.17) is 26.5 Å². The van der Waals surface area contributed by atoms with E-state index >= 15 is 0 Å². The first kappa shape index (κ1) is 83.2. The van der Waals surface area contributed by atoms with Crippen molar-refractivity contribution in [3.05, 3.63) is 516 Å². The second-order valence-electron chi connectivity index (χ2n) is 36.4. The molecule has 0 aliphatic rings. The lowest BCUT2D eigenvalue weighted by atomic mass is 9.95. The van der Waals surface area contributed by atoms with E-state index in [1.165, 1.54) is 21.5 Å². The zero-order valence-corrected chi connectivity index (χ0v) is 77.4. The van der Waals surface area contributed by atoms with Gasteiger partial charge in [-0.1, -0.05) is 352 Å². The Morgan fingerprint density at radius 1 is 0.112 bits per heavy atom. The minimum absolute atomic E-state index is 0.880. The van der Waals surface area contributed by atoms with Crippen molar-refractivity contribution in [1.29, 1.82) is 0 Å². The number of hydrogen-bond acceptors (Lipinski definition) is 9. The van der Waals surface area contributed by atoms with Crippen molar-refractivity contribution in [3.63, 3.8) is 0 Å². The van der Waals surface area contributed by atoms with Crippen molar-refractivity contribution in [2.75, 3.05) is 14.7 Å². The zero-order chi connectivity index (χ0) is 94.4. The van der Waals surface area contributed by atoms with E-state index in [9.17, 15) is 0 Å². The lowest BCUT2D eigenvalue weighted by molar-refractivity contribution is 0.669. The molecule has 6 aromatic heterocycles. The van der Waals surface area contributed by atoms with Crippen molar-refractivity contribution in [3.8, 4) is 66.8 Å². The summed E-state index contributed by atoms with van der Waals surface area (Å²) in [6, 6.07) is 181. The lowest BCUT2D eigenvalue weighted by Gasteiger charge is -2.27. The average Bonchev–Trinajstić information content (AvgIpc) is 1.66. The number of para-hydroxylation sites is 16. The lowest BCUT2D eigenvalue weighted by Crippen LogP contribution is -2.10. The second kappa shape index (κ2) is 35.1. The highest BCUT2D eigenvalue weighted by molar-refractivity contribution is 6.17. The van der Waals surface area contributed by atoms with Crippen LogP contribution >= 0.6 is 0 Å². The monoisotopic (exact) mass is 1830 g/mol. The molecule has 0 aliphatic heterocycles. The first-order chi connectivity index (χ1) is 70.9. The van der Waals surface area contributed by atoms with E-state index in [2.05, 4.69) is 458 Å². The summed E-state index contributed by atoms with van der Waals surface area (Å²) in [6.45, 7) is 0. The molecule has 0 saturated carbocycles. The highest BCUT2D eigenvalue weighted by Crippen LogP contribution is 2.51. The smallest absolute Gasteiger partial charge is 0.143 e. The number of hydrogen-bond donors (Lipinski definition) is 0. The van der Waals surface area contributed by atoms with Gasteiger partial charge in [0.2, 0.25) is 0 Å². The number of furan rings is 6. The summed E-state index contributed by atoms with van der Waals surface area (Å²) >= 11 is 0. The Labute approximate surface area is 822 Å². The summed E-state index contributed by atoms with van der Waals surface area (Å²) in [6.07, 6.45) is 0. The van der Waals surface area contributed by atoms with Crippen LogP contribution in [0.15, 0.2) is 542 Å². The van der Waals surface area contributed by atoms with Gasteiger partial charge in [-0.3, -0.25) is 0 Å². The molecule has 672 valence electrons. The second-order valence-corrected chi connectivity index (χ2v) is 36.4. The average molecular weight is 1830 g/mol. The van der Waals surface area contributed by atoms with Crippen LogP contribution in [0, 0.1) is 0 Å². The Morgan fingerprint density at radius 3 is 0.517 bits per heavy atom. The summed E-state index contributed by atoms with van der Waals surface area (Å²) in [5.74, 6) is 0. The van der Waals surface area contributed by atoms with Crippen LogP contribution in [0.1, 0.15) is 0 Å². The molecule has 23 aromatic carbocycles. The molecule has 0 saturated heterocycles. The molecule has 9 nitrogen and oxygen atoms in total. The molecular formula is C134H85N3O6. The van der Waals surface area contributed by atoms with Crippen molar-refractivity contribution in [1.82, 2.24) is 0 Å². The minimum Gasteiger partial charge on any atom is -0.455 e. The molecule has 0 bridgehead atoms. The van der Waals surface area contributed by atoms with Crippen molar-refractivity contribution in [2.45, 2.75) is 0 Å². The van der Waals surface area contributed by atoms with Gasteiger partial charge < -0.3 is 41.2 Å². The van der Waals surface area contributed by atoms with E-state index in [0.29, 0.717) is 0 Å². The van der Waals surface area contributed by atoms with Gasteiger partial charge in [0, 0.05) is 149 Å². The molecule has 143 heavy (non-hydrogen) atoms. The maximum absolute atomic E-state index is 6.58. The molecule has 6 heterocycles. The van der Waals surface area contributed by atoms with Gasteiger partial charge in [0.1, 0.15) is 67.0 Å². The van der Waals surface area contributed by atoms with Crippen molar-refractivity contribution in [2.24, 2.45) is 0 Å². The third-order valence-corrected chi connectivity index (χ3v) is 27.9. The Kier molecular flexibility index (Phi) is 20.4. The quantitative estimate of drug-likeness (QED) is 0.0996. The van der Waals surface area contributed by atoms with Crippen LogP contribution in [0.2, 0.25) is 0 Å². The first-order valence-electron chi connectivity index (χ1n) is 48.4. The van der Waals surface area contributed by atoms with E-state index in [-0.39, 0.29) is 0 Å². The van der Waals surface area contributed by atoms with Crippen LogP contribution < -0.4 is 14.7 Å². The summed E-state index contributed by atoms with van der Waals surface area (Å²) < 4.78 is 39.4.